The van der Waals surface area contributed by atoms with Crippen LogP contribution in [0.4, 0.5) is 11.8 Å². The Morgan fingerprint density at radius 2 is 2.24 bits per heavy atom. The molecule has 0 saturated carbocycles. The van der Waals surface area contributed by atoms with Crippen LogP contribution in [0.5, 0.6) is 0 Å². The van der Waals surface area contributed by atoms with Crippen molar-refractivity contribution in [2.24, 2.45) is 5.41 Å². The smallest absolute Gasteiger partial charge is 0.226 e. The van der Waals surface area contributed by atoms with Crippen molar-refractivity contribution in [3.8, 4) is 0 Å². The van der Waals surface area contributed by atoms with Gasteiger partial charge in [0.1, 0.15) is 5.52 Å². The fraction of sp³-hybridized carbons (Fsp3) is 0.667. The Hall–Kier alpha value is -1.85. The van der Waals surface area contributed by atoms with E-state index in [0.717, 1.165) is 43.0 Å². The van der Waals surface area contributed by atoms with E-state index < -0.39 is 0 Å². The molecule has 1 aliphatic rings. The van der Waals surface area contributed by atoms with Crippen molar-refractivity contribution in [2.45, 2.75) is 40.0 Å². The summed E-state index contributed by atoms with van der Waals surface area (Å²) in [5, 5.41) is 3.27. The highest BCUT2D eigenvalue weighted by Gasteiger charge is 2.28. The van der Waals surface area contributed by atoms with E-state index in [0.29, 0.717) is 11.4 Å². The monoisotopic (exact) mass is 288 g/mol. The Morgan fingerprint density at radius 1 is 1.38 bits per heavy atom. The van der Waals surface area contributed by atoms with Crippen LogP contribution in [-0.4, -0.2) is 39.6 Å². The van der Waals surface area contributed by atoms with Gasteiger partial charge in [0.25, 0.3) is 0 Å². The summed E-state index contributed by atoms with van der Waals surface area (Å²) in [6.07, 6.45) is 5.21. The highest BCUT2D eigenvalue weighted by atomic mass is 15.3. The van der Waals surface area contributed by atoms with Gasteiger partial charge in [0.2, 0.25) is 5.95 Å². The first kappa shape index (κ1) is 14.1. The largest absolute Gasteiger partial charge is 0.354 e. The zero-order chi connectivity index (χ0) is 14.9. The SMILES string of the molecule is CCCNc1nc(N2CCCC(C)(C)C2)c2[nH]cnc2n1. The molecule has 21 heavy (non-hydrogen) atoms. The van der Waals surface area contributed by atoms with Gasteiger partial charge >= 0.3 is 0 Å². The lowest BCUT2D eigenvalue weighted by Gasteiger charge is -2.38. The van der Waals surface area contributed by atoms with Crippen LogP contribution in [-0.2, 0) is 0 Å². The van der Waals surface area contributed by atoms with Gasteiger partial charge in [0, 0.05) is 19.6 Å². The van der Waals surface area contributed by atoms with Crippen LogP contribution in [0.3, 0.4) is 0 Å². The quantitative estimate of drug-likeness (QED) is 0.905. The molecule has 1 aliphatic heterocycles. The van der Waals surface area contributed by atoms with Crippen molar-refractivity contribution >= 4 is 22.9 Å². The van der Waals surface area contributed by atoms with Gasteiger partial charge in [-0.05, 0) is 24.7 Å². The average molecular weight is 288 g/mol. The number of fused-ring (bicyclic) bond motifs is 1. The van der Waals surface area contributed by atoms with Crippen LogP contribution in [0.2, 0.25) is 0 Å². The number of aromatic nitrogens is 4. The van der Waals surface area contributed by atoms with E-state index in [1.165, 1.54) is 12.8 Å². The van der Waals surface area contributed by atoms with Crippen LogP contribution in [0.1, 0.15) is 40.0 Å². The summed E-state index contributed by atoms with van der Waals surface area (Å²) in [4.78, 5) is 19.1. The summed E-state index contributed by atoms with van der Waals surface area (Å²) in [5.74, 6) is 1.65. The number of imidazole rings is 1. The Bertz CT molecular complexity index is 618. The Kier molecular flexibility index (Phi) is 3.69. The van der Waals surface area contributed by atoms with Crippen molar-refractivity contribution in [2.75, 3.05) is 29.9 Å². The maximum atomic E-state index is 4.73. The number of hydrogen-bond acceptors (Lipinski definition) is 5. The molecular weight excluding hydrogens is 264 g/mol. The van der Waals surface area contributed by atoms with Gasteiger partial charge in [-0.15, -0.1) is 0 Å². The highest BCUT2D eigenvalue weighted by molar-refractivity contribution is 5.84. The molecule has 0 spiro atoms. The molecule has 0 aliphatic carbocycles. The molecule has 0 aromatic carbocycles. The summed E-state index contributed by atoms with van der Waals surface area (Å²) in [6, 6.07) is 0. The molecule has 6 nitrogen and oxygen atoms in total. The number of rotatable bonds is 4. The van der Waals surface area contributed by atoms with Gasteiger partial charge in [-0.25, -0.2) is 4.98 Å². The second-order valence-electron chi connectivity index (χ2n) is 6.59. The van der Waals surface area contributed by atoms with Crippen LogP contribution in [0.15, 0.2) is 6.33 Å². The summed E-state index contributed by atoms with van der Waals surface area (Å²) >= 11 is 0. The summed E-state index contributed by atoms with van der Waals surface area (Å²) in [6.45, 7) is 9.71. The van der Waals surface area contributed by atoms with E-state index in [9.17, 15) is 0 Å². The normalized spacial score (nSPS) is 18.1. The maximum Gasteiger partial charge on any atom is 0.226 e. The van der Waals surface area contributed by atoms with Crippen molar-refractivity contribution in [1.29, 1.82) is 0 Å². The molecular formula is C15H24N6. The molecule has 3 rings (SSSR count). The molecule has 0 bridgehead atoms. The zero-order valence-electron chi connectivity index (χ0n) is 13.1. The predicted molar refractivity (Wildman–Crippen MR) is 85.7 cm³/mol. The lowest BCUT2D eigenvalue weighted by atomic mass is 9.84. The minimum atomic E-state index is 0.326. The van der Waals surface area contributed by atoms with Crippen LogP contribution >= 0.6 is 0 Å². The topological polar surface area (TPSA) is 69.7 Å². The number of anilines is 2. The van der Waals surface area contributed by atoms with Crippen molar-refractivity contribution in [3.63, 3.8) is 0 Å². The third-order valence-electron chi connectivity index (χ3n) is 4.00. The van der Waals surface area contributed by atoms with E-state index in [-0.39, 0.29) is 0 Å². The summed E-state index contributed by atoms with van der Waals surface area (Å²) in [5.41, 5.74) is 2.00. The van der Waals surface area contributed by atoms with Crippen molar-refractivity contribution < 1.29 is 0 Å². The molecule has 1 fully saturated rings. The fourth-order valence-corrected chi connectivity index (χ4v) is 2.97. The molecule has 0 radical (unpaired) electrons. The molecule has 0 atom stereocenters. The number of aromatic amines is 1. The molecule has 3 heterocycles. The minimum absolute atomic E-state index is 0.326. The number of H-pyrrole nitrogens is 1. The first-order valence-corrected chi connectivity index (χ1v) is 7.79. The lowest BCUT2D eigenvalue weighted by molar-refractivity contribution is 0.292. The van der Waals surface area contributed by atoms with E-state index >= 15 is 0 Å². The Labute approximate surface area is 125 Å². The Morgan fingerprint density at radius 3 is 3.00 bits per heavy atom. The lowest BCUT2D eigenvalue weighted by Crippen LogP contribution is -2.40. The molecule has 2 N–H and O–H groups in total. The third kappa shape index (κ3) is 2.94. The van der Waals surface area contributed by atoms with Gasteiger partial charge in [-0.1, -0.05) is 20.8 Å². The number of nitrogens with zero attached hydrogens (tertiary/aromatic N) is 4. The van der Waals surface area contributed by atoms with Crippen LogP contribution < -0.4 is 10.2 Å². The molecule has 0 amide bonds. The molecule has 2 aromatic rings. The minimum Gasteiger partial charge on any atom is -0.354 e. The molecule has 2 aromatic heterocycles. The number of hydrogen-bond donors (Lipinski definition) is 2. The first-order chi connectivity index (χ1) is 10.1. The van der Waals surface area contributed by atoms with Gasteiger partial charge < -0.3 is 15.2 Å². The first-order valence-electron chi connectivity index (χ1n) is 7.79. The van der Waals surface area contributed by atoms with E-state index in [1.807, 2.05) is 0 Å². The van der Waals surface area contributed by atoms with Crippen molar-refractivity contribution in [3.05, 3.63) is 6.33 Å². The fourth-order valence-electron chi connectivity index (χ4n) is 2.97. The molecule has 0 unspecified atom stereocenters. The van der Waals surface area contributed by atoms with Gasteiger partial charge in [-0.3, -0.25) is 0 Å². The second kappa shape index (κ2) is 5.50. The number of piperidine rings is 1. The van der Waals surface area contributed by atoms with Gasteiger partial charge in [-0.2, -0.15) is 9.97 Å². The van der Waals surface area contributed by atoms with E-state index in [1.54, 1.807) is 6.33 Å². The molecule has 1 saturated heterocycles. The summed E-state index contributed by atoms with van der Waals surface area (Å²) in [7, 11) is 0. The maximum absolute atomic E-state index is 4.73. The van der Waals surface area contributed by atoms with E-state index in [4.69, 9.17) is 4.98 Å². The van der Waals surface area contributed by atoms with E-state index in [2.05, 4.69) is 45.9 Å². The second-order valence-corrected chi connectivity index (χ2v) is 6.59. The Balaban J connectivity index is 1.97. The van der Waals surface area contributed by atoms with Crippen LogP contribution in [0, 0.1) is 5.41 Å². The number of nitrogens with one attached hydrogen (secondary N) is 2. The highest BCUT2D eigenvalue weighted by Crippen LogP contribution is 2.33. The summed E-state index contributed by atoms with van der Waals surface area (Å²) < 4.78 is 0. The van der Waals surface area contributed by atoms with Gasteiger partial charge in [0.15, 0.2) is 11.5 Å². The predicted octanol–water partition coefficient (Wildman–Crippen LogP) is 2.80. The van der Waals surface area contributed by atoms with Crippen molar-refractivity contribution in [1.82, 2.24) is 19.9 Å². The van der Waals surface area contributed by atoms with Crippen LogP contribution in [0.25, 0.3) is 11.2 Å². The average Bonchev–Trinajstić information content (AvgIpc) is 2.91. The third-order valence-corrected chi connectivity index (χ3v) is 4.00. The zero-order valence-corrected chi connectivity index (χ0v) is 13.1. The van der Waals surface area contributed by atoms with Gasteiger partial charge in [0.05, 0.1) is 6.33 Å². The molecule has 6 heteroatoms. The molecule has 114 valence electrons. The standard InChI is InChI=1S/C15H24N6/c1-4-7-16-14-19-12-11(17-10-18-12)13(20-14)21-8-5-6-15(2,3)9-21/h10H,4-9H2,1-3H3,(H2,16,17,18,19,20).